The van der Waals surface area contributed by atoms with Crippen LogP contribution in [0, 0.1) is 11.3 Å². The van der Waals surface area contributed by atoms with Crippen LogP contribution in [-0.2, 0) is 4.84 Å². The van der Waals surface area contributed by atoms with Gasteiger partial charge in [0.15, 0.2) is 0 Å². The molecule has 3 N–H and O–H groups in total. The highest BCUT2D eigenvalue weighted by Crippen LogP contribution is 2.28. The molecule has 29 heavy (non-hydrogen) atoms. The number of hydrogen-bond donors (Lipinski definition) is 2. The van der Waals surface area contributed by atoms with E-state index in [1.165, 1.54) is 5.06 Å². The van der Waals surface area contributed by atoms with E-state index in [4.69, 9.17) is 32.3 Å². The fourth-order valence-corrected chi connectivity index (χ4v) is 4.09. The third-order valence-corrected chi connectivity index (χ3v) is 5.65. The van der Waals surface area contributed by atoms with Gasteiger partial charge in [-0.2, -0.15) is 0 Å². The van der Waals surface area contributed by atoms with E-state index in [0.29, 0.717) is 42.6 Å². The number of carbonyl (C=O) groups is 1. The lowest BCUT2D eigenvalue weighted by Gasteiger charge is -2.31. The van der Waals surface area contributed by atoms with Crippen LogP contribution in [0.4, 0.5) is 0 Å². The third kappa shape index (κ3) is 5.64. The van der Waals surface area contributed by atoms with E-state index in [2.05, 4.69) is 6.58 Å². The first kappa shape index (κ1) is 21.5. The van der Waals surface area contributed by atoms with Gasteiger partial charge in [-0.3, -0.25) is 15.0 Å². The standard InChI is InChI=1S/C21H29ClN4O3/c1-2-8-25(18-5-3-4-6-18)20(27)16-10-17(22)12-19(11-16)28-13-15-7-9-26(21(23)24)29-14-15/h2,10-12,15,18H,1,3-9,13-14H2,(H3,23,24). The van der Waals surface area contributed by atoms with Crippen molar-refractivity contribution in [3.63, 3.8) is 0 Å². The van der Waals surface area contributed by atoms with E-state index in [1.807, 2.05) is 4.90 Å². The van der Waals surface area contributed by atoms with Crippen molar-refractivity contribution in [1.82, 2.24) is 9.96 Å². The van der Waals surface area contributed by atoms with Gasteiger partial charge < -0.3 is 15.4 Å². The van der Waals surface area contributed by atoms with Gasteiger partial charge >= 0.3 is 0 Å². The summed E-state index contributed by atoms with van der Waals surface area (Å²) in [7, 11) is 0. The van der Waals surface area contributed by atoms with Gasteiger partial charge in [0.2, 0.25) is 5.96 Å². The zero-order valence-electron chi connectivity index (χ0n) is 16.6. The first-order valence-corrected chi connectivity index (χ1v) is 10.5. The van der Waals surface area contributed by atoms with Crippen molar-refractivity contribution >= 4 is 23.5 Å². The number of guanidine groups is 1. The highest BCUT2D eigenvalue weighted by Gasteiger charge is 2.27. The molecule has 1 aromatic rings. The van der Waals surface area contributed by atoms with E-state index in [0.717, 1.165) is 32.1 Å². The Balaban J connectivity index is 1.63. The summed E-state index contributed by atoms with van der Waals surface area (Å²) in [5.41, 5.74) is 5.96. The van der Waals surface area contributed by atoms with Crippen molar-refractivity contribution in [2.75, 3.05) is 26.3 Å². The maximum atomic E-state index is 13.1. The van der Waals surface area contributed by atoms with Crippen LogP contribution in [0.2, 0.25) is 5.02 Å². The fraction of sp³-hybridized carbons (Fsp3) is 0.524. The number of hydroxylamine groups is 2. The molecule has 0 aromatic heterocycles. The quantitative estimate of drug-likeness (QED) is 0.400. The van der Waals surface area contributed by atoms with E-state index >= 15 is 0 Å². The highest BCUT2D eigenvalue weighted by molar-refractivity contribution is 6.31. The topological polar surface area (TPSA) is 91.9 Å². The normalized spacial score (nSPS) is 19.8. The number of carbonyl (C=O) groups excluding carboxylic acids is 1. The molecule has 1 amide bonds. The number of nitrogens with zero attached hydrogens (tertiary/aromatic N) is 2. The zero-order chi connectivity index (χ0) is 20.8. The van der Waals surface area contributed by atoms with Crippen LogP contribution in [0.5, 0.6) is 5.75 Å². The molecule has 1 heterocycles. The molecule has 2 aliphatic rings. The minimum absolute atomic E-state index is 0.0396. The van der Waals surface area contributed by atoms with Crippen molar-refractivity contribution in [3.05, 3.63) is 41.4 Å². The second kappa shape index (κ2) is 9.98. The summed E-state index contributed by atoms with van der Waals surface area (Å²) < 4.78 is 5.92. The maximum absolute atomic E-state index is 13.1. The van der Waals surface area contributed by atoms with E-state index in [-0.39, 0.29) is 23.8 Å². The Morgan fingerprint density at radius 2 is 2.14 bits per heavy atom. The smallest absolute Gasteiger partial charge is 0.254 e. The molecular weight excluding hydrogens is 392 g/mol. The Labute approximate surface area is 176 Å². The van der Waals surface area contributed by atoms with Gasteiger partial charge in [0, 0.05) is 35.6 Å². The van der Waals surface area contributed by atoms with Gasteiger partial charge in [0.1, 0.15) is 5.75 Å². The molecule has 0 bridgehead atoms. The molecule has 8 heteroatoms. The Kier molecular flexibility index (Phi) is 7.39. The summed E-state index contributed by atoms with van der Waals surface area (Å²) in [4.78, 5) is 20.5. The molecular formula is C21H29ClN4O3. The number of halogens is 1. The molecule has 1 unspecified atom stereocenters. The number of rotatable bonds is 7. The van der Waals surface area contributed by atoms with E-state index in [9.17, 15) is 4.79 Å². The van der Waals surface area contributed by atoms with Crippen molar-refractivity contribution in [2.24, 2.45) is 11.7 Å². The molecule has 1 atom stereocenters. The predicted molar refractivity (Wildman–Crippen MR) is 113 cm³/mol. The first-order valence-electron chi connectivity index (χ1n) is 10.1. The van der Waals surface area contributed by atoms with Gasteiger partial charge in [-0.25, -0.2) is 5.06 Å². The summed E-state index contributed by atoms with van der Waals surface area (Å²) in [5, 5.41) is 9.25. The molecule has 1 aliphatic carbocycles. The second-order valence-corrected chi connectivity index (χ2v) is 8.05. The van der Waals surface area contributed by atoms with Crippen LogP contribution in [-0.4, -0.2) is 54.2 Å². The van der Waals surface area contributed by atoms with Crippen molar-refractivity contribution in [3.8, 4) is 5.75 Å². The molecule has 0 radical (unpaired) electrons. The second-order valence-electron chi connectivity index (χ2n) is 7.61. The Hall–Kier alpha value is -2.25. The number of hydrogen-bond acceptors (Lipinski definition) is 4. The van der Waals surface area contributed by atoms with Crippen molar-refractivity contribution < 1.29 is 14.4 Å². The highest BCUT2D eigenvalue weighted by atomic mass is 35.5. The molecule has 3 rings (SSSR count). The van der Waals surface area contributed by atoms with Crippen molar-refractivity contribution in [1.29, 1.82) is 5.41 Å². The third-order valence-electron chi connectivity index (χ3n) is 5.43. The maximum Gasteiger partial charge on any atom is 0.254 e. The van der Waals surface area contributed by atoms with Crippen LogP contribution >= 0.6 is 11.6 Å². The number of benzene rings is 1. The lowest BCUT2D eigenvalue weighted by molar-refractivity contribution is -0.149. The average molecular weight is 421 g/mol. The molecule has 158 valence electrons. The Morgan fingerprint density at radius 3 is 2.76 bits per heavy atom. The van der Waals surface area contributed by atoms with E-state index < -0.39 is 0 Å². The van der Waals surface area contributed by atoms with Gasteiger partial charge in [0.25, 0.3) is 5.91 Å². The molecule has 1 saturated carbocycles. The van der Waals surface area contributed by atoms with Crippen LogP contribution in [0.3, 0.4) is 0 Å². The number of nitrogens with one attached hydrogen (secondary N) is 1. The Bertz CT molecular complexity index is 743. The van der Waals surface area contributed by atoms with Crippen LogP contribution in [0.1, 0.15) is 42.5 Å². The number of nitrogens with two attached hydrogens (primary N) is 1. The lowest BCUT2D eigenvalue weighted by atomic mass is 10.1. The van der Waals surface area contributed by atoms with Crippen LogP contribution in [0.15, 0.2) is 30.9 Å². The summed E-state index contributed by atoms with van der Waals surface area (Å²) >= 11 is 6.27. The Morgan fingerprint density at radius 1 is 1.38 bits per heavy atom. The largest absolute Gasteiger partial charge is 0.493 e. The fourth-order valence-electron chi connectivity index (χ4n) is 3.87. The molecule has 1 aromatic carbocycles. The summed E-state index contributed by atoms with van der Waals surface area (Å²) in [6.45, 7) is 5.76. The minimum atomic E-state index is -0.0892. The first-order chi connectivity index (χ1) is 14.0. The van der Waals surface area contributed by atoms with E-state index in [1.54, 1.807) is 24.3 Å². The predicted octanol–water partition coefficient (Wildman–Crippen LogP) is 3.44. The van der Waals surface area contributed by atoms with Crippen molar-refractivity contribution in [2.45, 2.75) is 38.1 Å². The molecule has 2 fully saturated rings. The number of ether oxygens (including phenoxy) is 1. The number of amides is 1. The summed E-state index contributed by atoms with van der Waals surface area (Å²) in [5.74, 6) is 0.621. The minimum Gasteiger partial charge on any atom is -0.493 e. The molecule has 7 nitrogen and oxygen atoms in total. The summed E-state index contributed by atoms with van der Waals surface area (Å²) in [6, 6.07) is 5.42. The van der Waals surface area contributed by atoms with Gasteiger partial charge in [-0.05, 0) is 37.5 Å². The van der Waals surface area contributed by atoms with Gasteiger partial charge in [-0.15, -0.1) is 6.58 Å². The monoisotopic (exact) mass is 420 g/mol. The van der Waals surface area contributed by atoms with Crippen LogP contribution in [0.25, 0.3) is 0 Å². The van der Waals surface area contributed by atoms with Gasteiger partial charge in [0.05, 0.1) is 13.2 Å². The average Bonchev–Trinajstić information content (AvgIpc) is 3.24. The summed E-state index contributed by atoms with van der Waals surface area (Å²) in [6.07, 6.45) is 6.94. The SMILES string of the molecule is C=CCN(C(=O)c1cc(Cl)cc(OCC2CCN(C(=N)N)OC2)c1)C1CCCC1. The van der Waals surface area contributed by atoms with Gasteiger partial charge in [-0.1, -0.05) is 30.5 Å². The zero-order valence-corrected chi connectivity index (χ0v) is 17.4. The molecule has 1 saturated heterocycles. The van der Waals surface area contributed by atoms with Crippen LogP contribution < -0.4 is 10.5 Å². The molecule has 1 aliphatic heterocycles. The molecule has 0 spiro atoms. The lowest BCUT2D eigenvalue weighted by Crippen LogP contribution is -2.43.